The minimum Gasteiger partial charge on any atom is -0.479 e. The van der Waals surface area contributed by atoms with Crippen molar-refractivity contribution in [3.8, 4) is 0 Å². The highest BCUT2D eigenvalue weighted by Crippen LogP contribution is 2.31. The van der Waals surface area contributed by atoms with Crippen molar-refractivity contribution in [3.63, 3.8) is 0 Å². The van der Waals surface area contributed by atoms with E-state index in [2.05, 4.69) is 27.6 Å². The number of halogens is 1. The van der Waals surface area contributed by atoms with E-state index in [1.807, 2.05) is 12.1 Å². The van der Waals surface area contributed by atoms with E-state index in [9.17, 15) is 14.4 Å². The van der Waals surface area contributed by atoms with Crippen molar-refractivity contribution < 1.29 is 39.3 Å². The van der Waals surface area contributed by atoms with Gasteiger partial charge in [0.1, 0.15) is 11.3 Å². The first-order chi connectivity index (χ1) is 15.9. The number of aryl methyl sites for hydroxylation is 2. The van der Waals surface area contributed by atoms with Crippen LogP contribution in [0.3, 0.4) is 0 Å². The van der Waals surface area contributed by atoms with Crippen LogP contribution in [-0.2, 0) is 9.59 Å². The number of hydrogen-bond donors (Lipinski definition) is 6. The number of anilines is 2. The number of carbonyl (C=O) groups is 3. The largest absolute Gasteiger partial charge is 0.479 e. The van der Waals surface area contributed by atoms with Crippen LogP contribution in [0, 0.1) is 13.8 Å². The molecule has 2 aromatic rings. The van der Waals surface area contributed by atoms with Gasteiger partial charge in [0.2, 0.25) is 0 Å². The molecule has 1 aromatic carbocycles. The molecule has 1 amide bonds. The summed E-state index contributed by atoms with van der Waals surface area (Å²) in [6.07, 6.45) is -4.53. The standard InChI is InChI=1S/C17H21ClN4O2.C4H6O6/c1-10-9-19-6-7-22(10)15-5-4-13(8-14(15)18)20-17(23)16-11(2)21-24-12(16)3;5-1(3(7)8)2(6)4(9)10/h4-5,8,10,19H,6-7,9H2,1-3H3,(H,20,23);1-2,5-6H,(H,7,8)(H,9,10)/t10-;1-,2-/m10/s1. The summed E-state index contributed by atoms with van der Waals surface area (Å²) < 4.78 is 5.04. The highest BCUT2D eigenvalue weighted by atomic mass is 35.5. The fourth-order valence-corrected chi connectivity index (χ4v) is 3.58. The molecule has 0 bridgehead atoms. The highest BCUT2D eigenvalue weighted by molar-refractivity contribution is 6.33. The second kappa shape index (κ2) is 11.8. The van der Waals surface area contributed by atoms with E-state index in [4.69, 9.17) is 36.6 Å². The summed E-state index contributed by atoms with van der Waals surface area (Å²) in [5.74, 6) is -3.28. The lowest BCUT2D eigenvalue weighted by molar-refractivity contribution is -0.165. The van der Waals surface area contributed by atoms with E-state index in [-0.39, 0.29) is 5.91 Å². The van der Waals surface area contributed by atoms with Gasteiger partial charge in [-0.05, 0) is 39.0 Å². The Labute approximate surface area is 200 Å². The van der Waals surface area contributed by atoms with E-state index in [0.717, 1.165) is 25.3 Å². The second-order valence-corrected chi connectivity index (χ2v) is 8.04. The maximum atomic E-state index is 12.4. The average molecular weight is 499 g/mol. The van der Waals surface area contributed by atoms with Crippen LogP contribution in [0.15, 0.2) is 22.7 Å². The number of carboxylic acids is 2. The molecule has 0 aliphatic carbocycles. The molecule has 34 heavy (non-hydrogen) atoms. The van der Waals surface area contributed by atoms with Crippen molar-refractivity contribution in [3.05, 3.63) is 40.2 Å². The summed E-state index contributed by atoms with van der Waals surface area (Å²) in [5.41, 5.74) is 2.67. The molecule has 2 heterocycles. The molecule has 186 valence electrons. The molecule has 0 spiro atoms. The summed E-state index contributed by atoms with van der Waals surface area (Å²) in [4.78, 5) is 34.2. The predicted molar refractivity (Wildman–Crippen MR) is 122 cm³/mol. The summed E-state index contributed by atoms with van der Waals surface area (Å²) in [5, 5.41) is 43.2. The Balaban J connectivity index is 0.000000347. The number of aliphatic carboxylic acids is 2. The number of hydrogen-bond acceptors (Lipinski definition) is 9. The third-order valence-corrected chi connectivity index (χ3v) is 5.38. The van der Waals surface area contributed by atoms with Crippen LogP contribution in [0.5, 0.6) is 0 Å². The van der Waals surface area contributed by atoms with Gasteiger partial charge in [-0.2, -0.15) is 0 Å². The van der Waals surface area contributed by atoms with Gasteiger partial charge in [0.05, 0.1) is 16.4 Å². The van der Waals surface area contributed by atoms with Crippen LogP contribution >= 0.6 is 11.6 Å². The molecular weight excluding hydrogens is 472 g/mol. The number of carbonyl (C=O) groups excluding carboxylic acids is 1. The Morgan fingerprint density at radius 2 is 1.82 bits per heavy atom. The van der Waals surface area contributed by atoms with Crippen molar-refractivity contribution in [2.24, 2.45) is 0 Å². The quantitative estimate of drug-likeness (QED) is 0.332. The van der Waals surface area contributed by atoms with Gasteiger partial charge in [0.15, 0.2) is 12.2 Å². The minimum atomic E-state index is -2.27. The maximum absolute atomic E-state index is 12.4. The van der Waals surface area contributed by atoms with Crippen molar-refractivity contribution in [1.82, 2.24) is 10.5 Å². The van der Waals surface area contributed by atoms with Crippen molar-refractivity contribution >= 4 is 40.8 Å². The van der Waals surface area contributed by atoms with Gasteiger partial charge < -0.3 is 40.5 Å². The smallest absolute Gasteiger partial charge is 0.335 e. The third kappa shape index (κ3) is 6.67. The molecule has 1 aliphatic rings. The lowest BCUT2D eigenvalue weighted by Gasteiger charge is -2.36. The van der Waals surface area contributed by atoms with Gasteiger partial charge in [-0.25, -0.2) is 9.59 Å². The van der Waals surface area contributed by atoms with Crippen molar-refractivity contribution in [2.75, 3.05) is 29.9 Å². The normalized spacial score (nSPS) is 17.2. The van der Waals surface area contributed by atoms with Crippen LogP contribution in [0.4, 0.5) is 11.4 Å². The molecule has 3 atom stereocenters. The average Bonchev–Trinajstić information content (AvgIpc) is 3.11. The molecule has 1 fully saturated rings. The molecule has 0 unspecified atom stereocenters. The number of rotatable bonds is 6. The molecule has 1 aromatic heterocycles. The van der Waals surface area contributed by atoms with Crippen molar-refractivity contribution in [2.45, 2.75) is 39.0 Å². The van der Waals surface area contributed by atoms with E-state index in [1.165, 1.54) is 0 Å². The van der Waals surface area contributed by atoms with Crippen molar-refractivity contribution in [1.29, 1.82) is 0 Å². The topological polar surface area (TPSA) is 185 Å². The lowest BCUT2D eigenvalue weighted by atomic mass is 10.1. The highest BCUT2D eigenvalue weighted by Gasteiger charge is 2.29. The van der Waals surface area contributed by atoms with E-state index in [1.54, 1.807) is 19.9 Å². The predicted octanol–water partition coefficient (Wildman–Crippen LogP) is 0.873. The Hall–Kier alpha value is -3.19. The lowest BCUT2D eigenvalue weighted by Crippen LogP contribution is -2.50. The van der Waals surface area contributed by atoms with Crippen LogP contribution in [-0.4, -0.2) is 81.3 Å². The molecule has 3 rings (SSSR count). The number of nitrogens with zero attached hydrogens (tertiary/aromatic N) is 2. The van der Waals surface area contributed by atoms with E-state index < -0.39 is 24.1 Å². The molecule has 6 N–H and O–H groups in total. The minimum absolute atomic E-state index is 0.245. The number of carboxylic acid groups (broad SMARTS) is 2. The summed E-state index contributed by atoms with van der Waals surface area (Å²) in [6, 6.07) is 5.97. The first kappa shape index (κ1) is 27.1. The Morgan fingerprint density at radius 3 is 2.29 bits per heavy atom. The maximum Gasteiger partial charge on any atom is 0.335 e. The zero-order valence-electron chi connectivity index (χ0n) is 18.8. The molecular formula is C21H27ClN4O8. The zero-order chi connectivity index (χ0) is 25.6. The summed E-state index contributed by atoms with van der Waals surface area (Å²) >= 11 is 6.45. The van der Waals surface area contributed by atoms with Gasteiger partial charge in [0.25, 0.3) is 5.91 Å². The Morgan fingerprint density at radius 1 is 1.21 bits per heavy atom. The Bertz CT molecular complexity index is 1010. The van der Waals surface area contributed by atoms with Gasteiger partial charge in [0, 0.05) is 31.4 Å². The number of amides is 1. The molecule has 1 aliphatic heterocycles. The number of aromatic nitrogens is 1. The van der Waals surface area contributed by atoms with Crippen LogP contribution in [0.2, 0.25) is 5.02 Å². The molecule has 1 saturated heterocycles. The molecule has 13 heteroatoms. The number of benzene rings is 1. The van der Waals surface area contributed by atoms with Crippen LogP contribution in [0.1, 0.15) is 28.7 Å². The first-order valence-electron chi connectivity index (χ1n) is 10.3. The summed E-state index contributed by atoms with van der Waals surface area (Å²) in [6.45, 7) is 8.40. The third-order valence-electron chi connectivity index (χ3n) is 5.08. The number of nitrogens with one attached hydrogen (secondary N) is 2. The van der Waals surface area contributed by atoms with Crippen LogP contribution in [0.25, 0.3) is 0 Å². The second-order valence-electron chi connectivity index (χ2n) is 7.63. The zero-order valence-corrected chi connectivity index (χ0v) is 19.5. The van der Waals surface area contributed by atoms with E-state index >= 15 is 0 Å². The number of aliphatic hydroxyl groups is 2. The number of piperazine rings is 1. The van der Waals surface area contributed by atoms with Gasteiger partial charge >= 0.3 is 11.9 Å². The first-order valence-corrected chi connectivity index (χ1v) is 10.6. The molecule has 12 nitrogen and oxygen atoms in total. The fourth-order valence-electron chi connectivity index (χ4n) is 3.29. The number of aliphatic hydroxyl groups excluding tert-OH is 2. The SMILES string of the molecule is Cc1noc(C)c1C(=O)Nc1ccc(N2CCNC[C@H]2C)c(Cl)c1.O=C(O)[C@@H](O)[C@H](O)C(=O)O. The summed E-state index contributed by atoms with van der Waals surface area (Å²) in [7, 11) is 0. The van der Waals surface area contributed by atoms with Crippen LogP contribution < -0.4 is 15.5 Å². The monoisotopic (exact) mass is 498 g/mol. The molecule has 0 saturated carbocycles. The Kier molecular flexibility index (Phi) is 9.38. The van der Waals surface area contributed by atoms with E-state index in [0.29, 0.717) is 33.8 Å². The van der Waals surface area contributed by atoms with Gasteiger partial charge in [-0.1, -0.05) is 16.8 Å². The molecule has 0 radical (unpaired) electrons. The van der Waals surface area contributed by atoms with Gasteiger partial charge in [-0.15, -0.1) is 0 Å². The van der Waals surface area contributed by atoms with Gasteiger partial charge in [-0.3, -0.25) is 4.79 Å². The fraction of sp³-hybridized carbons (Fsp3) is 0.429.